The lowest BCUT2D eigenvalue weighted by molar-refractivity contribution is -0.384. The molecule has 2 aromatic carbocycles. The molecule has 2 aromatic heterocycles. The van der Waals surface area contributed by atoms with E-state index in [-0.39, 0.29) is 29.6 Å². The molecule has 10 nitrogen and oxygen atoms in total. The van der Waals surface area contributed by atoms with E-state index < -0.39 is 4.92 Å². The van der Waals surface area contributed by atoms with E-state index in [4.69, 9.17) is 4.98 Å². The molecule has 1 aliphatic heterocycles. The van der Waals surface area contributed by atoms with E-state index in [0.29, 0.717) is 27.6 Å². The maximum Gasteiger partial charge on any atom is 0.269 e. The Morgan fingerprint density at radius 1 is 1.21 bits per heavy atom. The third-order valence-electron chi connectivity index (χ3n) is 5.89. The first-order valence-corrected chi connectivity index (χ1v) is 11.6. The van der Waals surface area contributed by atoms with Gasteiger partial charge in [-0.3, -0.25) is 24.3 Å². The van der Waals surface area contributed by atoms with E-state index in [9.17, 15) is 19.7 Å². The predicted octanol–water partition coefficient (Wildman–Crippen LogP) is 3.78. The van der Waals surface area contributed by atoms with Gasteiger partial charge < -0.3 is 5.32 Å². The van der Waals surface area contributed by atoms with Crippen molar-refractivity contribution < 1.29 is 9.72 Å². The molecule has 3 heterocycles. The number of aryl methyl sites for hydroxylation is 2. The number of nitrogens with one attached hydrogen (secondary N) is 1. The van der Waals surface area contributed by atoms with Gasteiger partial charge >= 0.3 is 0 Å². The zero-order valence-electron chi connectivity index (χ0n) is 18.4. The van der Waals surface area contributed by atoms with Crippen LogP contribution in [0.4, 0.5) is 11.4 Å². The lowest BCUT2D eigenvalue weighted by Crippen LogP contribution is -2.27. The molecular weight excluding hydrogens is 456 g/mol. The molecule has 11 heteroatoms. The fourth-order valence-corrected chi connectivity index (χ4v) is 5.05. The van der Waals surface area contributed by atoms with E-state index in [0.717, 1.165) is 11.3 Å². The average Bonchev–Trinajstić information content (AvgIpc) is 3.41. The van der Waals surface area contributed by atoms with Gasteiger partial charge in [-0.15, -0.1) is 0 Å². The lowest BCUT2D eigenvalue weighted by Gasteiger charge is -2.13. The van der Waals surface area contributed by atoms with Crippen LogP contribution in [-0.2, 0) is 4.79 Å². The van der Waals surface area contributed by atoms with Crippen molar-refractivity contribution in [2.75, 3.05) is 11.1 Å². The number of carbonyl (C=O) groups excluding carboxylic acids is 1. The number of hydrogen-bond acceptors (Lipinski definition) is 7. The summed E-state index contributed by atoms with van der Waals surface area (Å²) in [6.45, 7) is 4.05. The molecule has 5 rings (SSSR count). The largest absolute Gasteiger partial charge is 0.326 e. The number of anilines is 1. The molecule has 0 bridgehead atoms. The van der Waals surface area contributed by atoms with Crippen molar-refractivity contribution in [3.8, 4) is 5.69 Å². The Morgan fingerprint density at radius 3 is 2.68 bits per heavy atom. The van der Waals surface area contributed by atoms with Gasteiger partial charge in [-0.05, 0) is 49.2 Å². The standard InChI is InChI=1S/C23H20N6O4S/c1-13-3-6-17(9-14(13)2)28-21-19(11-24-28)22(31)27-18(12-34-23(27)26-21)10-20(30)25-15-4-7-16(8-5-15)29(32)33/h3-9,11,18H,10,12H2,1-2H3,(H,25,30). The summed E-state index contributed by atoms with van der Waals surface area (Å²) in [5, 5.41) is 18.9. The van der Waals surface area contributed by atoms with E-state index in [2.05, 4.69) is 10.4 Å². The van der Waals surface area contributed by atoms with Crippen molar-refractivity contribution in [2.45, 2.75) is 31.5 Å². The molecule has 1 aliphatic rings. The highest BCUT2D eigenvalue weighted by Gasteiger charge is 2.29. The molecule has 34 heavy (non-hydrogen) atoms. The third kappa shape index (κ3) is 3.83. The zero-order chi connectivity index (χ0) is 24.0. The van der Waals surface area contributed by atoms with Crippen LogP contribution in [0.1, 0.15) is 23.6 Å². The van der Waals surface area contributed by atoms with Crippen LogP contribution in [0, 0.1) is 24.0 Å². The zero-order valence-corrected chi connectivity index (χ0v) is 19.2. The van der Waals surface area contributed by atoms with Gasteiger partial charge in [-0.25, -0.2) is 9.67 Å². The number of nitro groups is 1. The monoisotopic (exact) mass is 476 g/mol. The van der Waals surface area contributed by atoms with Crippen molar-refractivity contribution in [3.63, 3.8) is 0 Å². The molecule has 1 unspecified atom stereocenters. The third-order valence-corrected chi connectivity index (χ3v) is 6.99. The second-order valence-corrected chi connectivity index (χ2v) is 9.14. The van der Waals surface area contributed by atoms with Gasteiger partial charge in [0, 0.05) is 30.0 Å². The van der Waals surface area contributed by atoms with Gasteiger partial charge in [-0.1, -0.05) is 17.8 Å². The van der Waals surface area contributed by atoms with Crippen LogP contribution in [0.2, 0.25) is 0 Å². The molecule has 0 aliphatic carbocycles. The minimum atomic E-state index is -0.499. The van der Waals surface area contributed by atoms with Gasteiger partial charge in [-0.2, -0.15) is 5.10 Å². The normalized spacial score (nSPS) is 14.8. The van der Waals surface area contributed by atoms with Crippen molar-refractivity contribution in [3.05, 3.63) is 80.3 Å². The van der Waals surface area contributed by atoms with E-state index in [1.54, 1.807) is 9.25 Å². The van der Waals surface area contributed by atoms with Crippen molar-refractivity contribution in [2.24, 2.45) is 0 Å². The summed E-state index contributed by atoms with van der Waals surface area (Å²) in [5.41, 5.74) is 3.78. The second-order valence-electron chi connectivity index (χ2n) is 8.15. The first kappa shape index (κ1) is 21.8. The Hall–Kier alpha value is -3.99. The number of nitro benzene ring substituents is 1. The van der Waals surface area contributed by atoms with Gasteiger partial charge in [0.15, 0.2) is 10.8 Å². The van der Waals surface area contributed by atoms with Gasteiger partial charge in [0.05, 0.1) is 22.8 Å². The van der Waals surface area contributed by atoms with E-state index in [1.165, 1.54) is 47.8 Å². The average molecular weight is 477 g/mol. The highest BCUT2D eigenvalue weighted by molar-refractivity contribution is 7.99. The quantitative estimate of drug-likeness (QED) is 0.264. The van der Waals surface area contributed by atoms with Crippen molar-refractivity contribution in [1.82, 2.24) is 19.3 Å². The van der Waals surface area contributed by atoms with Crippen LogP contribution in [-0.4, -0.2) is 35.9 Å². The number of fused-ring (bicyclic) bond motifs is 2. The Labute approximate surface area is 197 Å². The van der Waals surface area contributed by atoms with E-state index in [1.807, 2.05) is 32.0 Å². The van der Waals surface area contributed by atoms with Crippen LogP contribution in [0.25, 0.3) is 16.7 Å². The summed E-state index contributed by atoms with van der Waals surface area (Å²) in [6.07, 6.45) is 1.60. The van der Waals surface area contributed by atoms with Crippen LogP contribution >= 0.6 is 11.8 Å². The number of carbonyl (C=O) groups is 1. The maximum atomic E-state index is 13.3. The number of amides is 1. The molecule has 1 atom stereocenters. The minimum Gasteiger partial charge on any atom is -0.326 e. The first-order chi connectivity index (χ1) is 16.3. The van der Waals surface area contributed by atoms with Crippen molar-refractivity contribution >= 4 is 40.1 Å². The molecule has 1 amide bonds. The minimum absolute atomic E-state index is 0.0536. The molecule has 0 fully saturated rings. The first-order valence-electron chi connectivity index (χ1n) is 10.6. The number of non-ortho nitro benzene ring substituents is 1. The maximum absolute atomic E-state index is 13.3. The Balaban J connectivity index is 1.40. The number of thioether (sulfide) groups is 1. The molecule has 4 aromatic rings. The summed E-state index contributed by atoms with van der Waals surface area (Å²) >= 11 is 1.43. The number of aromatic nitrogens is 4. The molecular formula is C23H20N6O4S. The van der Waals surface area contributed by atoms with Crippen LogP contribution in [0.5, 0.6) is 0 Å². The highest BCUT2D eigenvalue weighted by atomic mass is 32.2. The van der Waals surface area contributed by atoms with Gasteiger partial charge in [0.1, 0.15) is 5.39 Å². The molecule has 0 saturated heterocycles. The number of nitrogens with zero attached hydrogens (tertiary/aromatic N) is 5. The number of benzene rings is 2. The van der Waals surface area contributed by atoms with Crippen LogP contribution in [0.3, 0.4) is 0 Å². The molecule has 1 N–H and O–H groups in total. The van der Waals surface area contributed by atoms with Gasteiger partial charge in [0.25, 0.3) is 11.2 Å². The lowest BCUT2D eigenvalue weighted by atomic mass is 10.1. The molecule has 172 valence electrons. The summed E-state index contributed by atoms with van der Waals surface area (Å²) in [4.78, 5) is 40.9. The topological polar surface area (TPSA) is 125 Å². The van der Waals surface area contributed by atoms with Crippen LogP contribution in [0.15, 0.2) is 58.6 Å². The van der Waals surface area contributed by atoms with E-state index >= 15 is 0 Å². The predicted molar refractivity (Wildman–Crippen MR) is 129 cm³/mol. The Kier molecular flexibility index (Phi) is 5.40. The second kappa shape index (κ2) is 8.41. The number of rotatable bonds is 5. The summed E-state index contributed by atoms with van der Waals surface area (Å²) in [7, 11) is 0. The summed E-state index contributed by atoms with van der Waals surface area (Å²) < 4.78 is 3.23. The molecule has 0 saturated carbocycles. The van der Waals surface area contributed by atoms with Gasteiger partial charge in [0.2, 0.25) is 5.91 Å². The summed E-state index contributed by atoms with van der Waals surface area (Å²) in [6, 6.07) is 11.2. The van der Waals surface area contributed by atoms with Crippen molar-refractivity contribution in [1.29, 1.82) is 0 Å². The van der Waals surface area contributed by atoms with Crippen LogP contribution < -0.4 is 10.9 Å². The SMILES string of the molecule is Cc1ccc(-n2ncc3c(=O)n4c(nc32)SCC4CC(=O)Nc2ccc([N+](=O)[O-])cc2)cc1C. The Morgan fingerprint density at radius 2 is 1.97 bits per heavy atom. The fourth-order valence-electron chi connectivity index (χ4n) is 3.92. The fraction of sp³-hybridized carbons (Fsp3) is 0.217. The smallest absolute Gasteiger partial charge is 0.269 e. The number of hydrogen-bond donors (Lipinski definition) is 1. The summed E-state index contributed by atoms with van der Waals surface area (Å²) in [5.74, 6) is 0.254. The molecule has 0 spiro atoms. The highest BCUT2D eigenvalue weighted by Crippen LogP contribution is 2.33. The molecule has 0 radical (unpaired) electrons. The Bertz CT molecular complexity index is 1510.